The van der Waals surface area contributed by atoms with Gasteiger partial charge in [0, 0.05) is 5.56 Å². The van der Waals surface area contributed by atoms with Gasteiger partial charge in [0.05, 0.1) is 6.26 Å². The van der Waals surface area contributed by atoms with Crippen LogP contribution in [-0.2, 0) is 6.42 Å². The Bertz CT molecular complexity index is 119. The van der Waals surface area contributed by atoms with E-state index < -0.39 is 0 Å². The van der Waals surface area contributed by atoms with Crippen LogP contribution < -0.4 is 0 Å². The van der Waals surface area contributed by atoms with E-state index in [1.54, 1.807) is 6.26 Å². The molecule has 0 aliphatic carbocycles. The quantitative estimate of drug-likeness (QED) is 0.516. The first-order chi connectivity index (χ1) is 3.43. The fourth-order valence-corrected chi connectivity index (χ4v) is 0.450. The normalized spacial score (nSPS) is 9.29. The Morgan fingerprint density at radius 1 is 1.86 bits per heavy atom. The van der Waals surface area contributed by atoms with Crippen LogP contribution in [0.15, 0.2) is 16.7 Å². The smallest absolute Gasteiger partial charge is 0.172 e. The average molecular weight is 95.1 g/mol. The maximum Gasteiger partial charge on any atom is 0.172 e. The zero-order valence-corrected chi connectivity index (χ0v) is 4.27. The third kappa shape index (κ3) is 0.829. The van der Waals surface area contributed by atoms with Crippen LogP contribution in [0.5, 0.6) is 0 Å². The molecule has 1 aromatic heterocycles. The molecule has 0 amide bonds. The second-order valence-electron chi connectivity index (χ2n) is 1.40. The Hall–Kier alpha value is -0.720. The molecule has 0 aromatic carbocycles. The molecule has 0 bridgehead atoms. The van der Waals surface area contributed by atoms with E-state index in [0.717, 1.165) is 12.0 Å². The number of hydrogen-bond donors (Lipinski definition) is 0. The van der Waals surface area contributed by atoms with Crippen molar-refractivity contribution < 1.29 is 4.42 Å². The van der Waals surface area contributed by atoms with Crippen molar-refractivity contribution >= 4 is 0 Å². The van der Waals surface area contributed by atoms with Crippen LogP contribution in [0.3, 0.4) is 0 Å². The van der Waals surface area contributed by atoms with Crippen LogP contribution >= 0.6 is 0 Å². The Labute approximate surface area is 43.0 Å². The fourth-order valence-electron chi connectivity index (χ4n) is 0.450. The van der Waals surface area contributed by atoms with Gasteiger partial charge in [0.15, 0.2) is 6.26 Å². The maximum atomic E-state index is 4.68. The molecule has 1 rings (SSSR count). The summed E-state index contributed by atoms with van der Waals surface area (Å²) >= 11 is 0. The van der Waals surface area contributed by atoms with Gasteiger partial charge in [-0.25, -0.2) is 0 Å². The molecular weight excluding hydrogens is 88.1 g/mol. The maximum absolute atomic E-state index is 4.68. The lowest BCUT2D eigenvalue weighted by molar-refractivity contribution is 0.555. The van der Waals surface area contributed by atoms with Crippen LogP contribution in [0.2, 0.25) is 0 Å². The molecule has 1 radical (unpaired) electrons. The summed E-state index contributed by atoms with van der Waals surface area (Å²) in [4.78, 5) is 0. The Morgan fingerprint density at radius 3 is 3.00 bits per heavy atom. The van der Waals surface area contributed by atoms with Gasteiger partial charge in [-0.15, -0.1) is 0 Å². The molecule has 7 heavy (non-hydrogen) atoms. The summed E-state index contributed by atoms with van der Waals surface area (Å²) in [5.74, 6) is 0. The first-order valence-electron chi connectivity index (χ1n) is 2.37. The summed E-state index contributed by atoms with van der Waals surface area (Å²) in [5.41, 5.74) is 1.14. The lowest BCUT2D eigenvalue weighted by Crippen LogP contribution is -1.67. The van der Waals surface area contributed by atoms with Crippen molar-refractivity contribution in [3.8, 4) is 0 Å². The fraction of sp³-hybridized carbons (Fsp3) is 0.333. The Balaban J connectivity index is 2.76. The highest BCUT2D eigenvalue weighted by Gasteiger charge is 1.85. The van der Waals surface area contributed by atoms with Crippen molar-refractivity contribution in [1.29, 1.82) is 0 Å². The highest BCUT2D eigenvalue weighted by Crippen LogP contribution is 1.97. The van der Waals surface area contributed by atoms with Crippen molar-refractivity contribution in [2.75, 3.05) is 0 Å². The number of hydrogen-bond acceptors (Lipinski definition) is 1. The molecule has 0 fully saturated rings. The zero-order valence-electron chi connectivity index (χ0n) is 4.27. The van der Waals surface area contributed by atoms with Crippen molar-refractivity contribution in [3.63, 3.8) is 0 Å². The zero-order chi connectivity index (χ0) is 5.11. The topological polar surface area (TPSA) is 13.1 Å². The van der Waals surface area contributed by atoms with Gasteiger partial charge in [-0.3, -0.25) is 0 Å². The molecule has 0 atom stereocenters. The van der Waals surface area contributed by atoms with Gasteiger partial charge < -0.3 is 4.42 Å². The number of furan rings is 1. The highest BCUT2D eigenvalue weighted by molar-refractivity contribution is 5.02. The van der Waals surface area contributed by atoms with Gasteiger partial charge in [0.25, 0.3) is 0 Å². The van der Waals surface area contributed by atoms with E-state index in [4.69, 9.17) is 0 Å². The second-order valence-corrected chi connectivity index (χ2v) is 1.40. The van der Waals surface area contributed by atoms with Gasteiger partial charge >= 0.3 is 0 Å². The van der Waals surface area contributed by atoms with Crippen molar-refractivity contribution in [1.82, 2.24) is 0 Å². The van der Waals surface area contributed by atoms with Gasteiger partial charge in [0.2, 0.25) is 0 Å². The van der Waals surface area contributed by atoms with E-state index in [-0.39, 0.29) is 0 Å². The third-order valence-electron chi connectivity index (χ3n) is 0.908. The van der Waals surface area contributed by atoms with Gasteiger partial charge in [0.1, 0.15) is 0 Å². The van der Waals surface area contributed by atoms with Crippen molar-refractivity contribution in [2.45, 2.75) is 13.3 Å². The summed E-state index contributed by atoms with van der Waals surface area (Å²) in [7, 11) is 0. The second kappa shape index (κ2) is 1.82. The monoisotopic (exact) mass is 95.0 g/mol. The highest BCUT2D eigenvalue weighted by atomic mass is 16.3. The molecular formula is C6H7O. The SMILES string of the molecule is CCc1[c]occ1. The molecule has 37 valence electrons. The Morgan fingerprint density at radius 2 is 2.71 bits per heavy atom. The van der Waals surface area contributed by atoms with Gasteiger partial charge in [-0.05, 0) is 12.5 Å². The van der Waals surface area contributed by atoms with Crippen LogP contribution in [0.1, 0.15) is 12.5 Å². The van der Waals surface area contributed by atoms with E-state index in [1.807, 2.05) is 6.07 Å². The summed E-state index contributed by atoms with van der Waals surface area (Å²) in [5, 5.41) is 0. The lowest BCUT2D eigenvalue weighted by Gasteiger charge is -1.75. The molecule has 1 heterocycles. The van der Waals surface area contributed by atoms with E-state index in [1.165, 1.54) is 0 Å². The molecule has 0 unspecified atom stereocenters. The number of rotatable bonds is 1. The minimum absolute atomic E-state index is 1.01. The molecule has 0 aliphatic heterocycles. The standard InChI is InChI=1S/C6H7O/c1-2-6-3-4-7-5-6/h3-4H,2H2,1H3. The molecule has 0 saturated carbocycles. The predicted molar refractivity (Wildman–Crippen MR) is 26.9 cm³/mol. The first kappa shape index (κ1) is 4.44. The lowest BCUT2D eigenvalue weighted by atomic mass is 10.3. The molecule has 0 N–H and O–H groups in total. The summed E-state index contributed by atoms with van der Waals surface area (Å²) in [6.07, 6.45) is 5.36. The molecule has 1 heteroatoms. The largest absolute Gasteiger partial charge is 0.461 e. The Kier molecular flexibility index (Phi) is 1.16. The van der Waals surface area contributed by atoms with E-state index in [0.29, 0.717) is 0 Å². The van der Waals surface area contributed by atoms with E-state index in [9.17, 15) is 0 Å². The first-order valence-corrected chi connectivity index (χ1v) is 2.37. The minimum atomic E-state index is 1.01. The number of aryl methyl sites for hydroxylation is 1. The van der Waals surface area contributed by atoms with Crippen LogP contribution in [0.25, 0.3) is 0 Å². The summed E-state index contributed by atoms with van der Waals surface area (Å²) in [6, 6.07) is 1.92. The van der Waals surface area contributed by atoms with Gasteiger partial charge in [-0.1, -0.05) is 6.92 Å². The minimum Gasteiger partial charge on any atom is -0.461 e. The predicted octanol–water partition coefficient (Wildman–Crippen LogP) is 1.64. The van der Waals surface area contributed by atoms with E-state index in [2.05, 4.69) is 17.6 Å². The molecule has 0 spiro atoms. The summed E-state index contributed by atoms with van der Waals surface area (Å²) < 4.78 is 4.68. The molecule has 0 saturated heterocycles. The van der Waals surface area contributed by atoms with Crippen molar-refractivity contribution in [2.24, 2.45) is 0 Å². The van der Waals surface area contributed by atoms with E-state index >= 15 is 0 Å². The van der Waals surface area contributed by atoms with Crippen LogP contribution in [0, 0.1) is 6.26 Å². The molecule has 1 aromatic rings. The van der Waals surface area contributed by atoms with Crippen molar-refractivity contribution in [3.05, 3.63) is 24.2 Å². The summed E-state index contributed by atoms with van der Waals surface area (Å²) in [6.45, 7) is 2.07. The van der Waals surface area contributed by atoms with Crippen LogP contribution in [-0.4, -0.2) is 0 Å². The molecule has 0 aliphatic rings. The van der Waals surface area contributed by atoms with Gasteiger partial charge in [-0.2, -0.15) is 0 Å². The van der Waals surface area contributed by atoms with Crippen LogP contribution in [0.4, 0.5) is 0 Å². The average Bonchev–Trinajstić information content (AvgIpc) is 2.14. The third-order valence-corrected chi connectivity index (χ3v) is 0.908. The molecule has 1 nitrogen and oxygen atoms in total.